The number of carbonyl (C=O) groups is 1. The first kappa shape index (κ1) is 18.2. The maximum Gasteiger partial charge on any atom is 0.246 e. The van der Waals surface area contributed by atoms with Crippen molar-refractivity contribution in [3.8, 4) is 5.75 Å². The number of para-hydroxylation sites is 1. The first-order valence-corrected chi connectivity index (χ1v) is 9.31. The second kappa shape index (κ2) is 7.73. The Morgan fingerprint density at radius 2 is 1.81 bits per heavy atom. The zero-order valence-corrected chi connectivity index (χ0v) is 15.6. The van der Waals surface area contributed by atoms with Gasteiger partial charge in [0.15, 0.2) is 0 Å². The highest BCUT2D eigenvalue weighted by Gasteiger charge is 2.36. The van der Waals surface area contributed by atoms with Gasteiger partial charge in [0.25, 0.3) is 0 Å². The largest absolute Gasteiger partial charge is 0.507 e. The maximum absolute atomic E-state index is 13.1. The van der Waals surface area contributed by atoms with Crippen LogP contribution in [-0.4, -0.2) is 21.7 Å². The van der Waals surface area contributed by atoms with Gasteiger partial charge in [0, 0.05) is 17.9 Å². The van der Waals surface area contributed by atoms with Gasteiger partial charge in [0.2, 0.25) is 5.91 Å². The lowest BCUT2D eigenvalue weighted by Gasteiger charge is -2.26. The van der Waals surface area contributed by atoms with Gasteiger partial charge in [-0.15, -0.1) is 0 Å². The number of hydrogen-bond donors (Lipinski definition) is 1. The van der Waals surface area contributed by atoms with Crippen LogP contribution in [0.2, 0.25) is 0 Å². The van der Waals surface area contributed by atoms with Crippen molar-refractivity contribution in [3.05, 3.63) is 65.2 Å². The Morgan fingerprint density at radius 1 is 1.15 bits per heavy atom. The topological polar surface area (TPSA) is 52.9 Å². The molecule has 3 rings (SSSR count). The molecule has 0 spiro atoms. The highest BCUT2D eigenvalue weighted by atomic mass is 16.3. The maximum atomic E-state index is 13.1. The van der Waals surface area contributed by atoms with Gasteiger partial charge in [-0.2, -0.15) is 5.10 Å². The van der Waals surface area contributed by atoms with Crippen molar-refractivity contribution in [1.29, 1.82) is 0 Å². The van der Waals surface area contributed by atoms with Crippen LogP contribution in [0.4, 0.5) is 0 Å². The number of nitrogens with zero attached hydrogens (tertiary/aromatic N) is 2. The fraction of sp³-hybridized carbons (Fsp3) is 0.364. The number of carbonyl (C=O) groups excluding carboxylic acids is 1. The van der Waals surface area contributed by atoms with E-state index in [4.69, 9.17) is 0 Å². The quantitative estimate of drug-likeness (QED) is 0.841. The summed E-state index contributed by atoms with van der Waals surface area (Å²) in [5, 5.41) is 16.6. The zero-order chi connectivity index (χ0) is 18.7. The lowest BCUT2D eigenvalue weighted by molar-refractivity contribution is -0.137. The van der Waals surface area contributed by atoms with E-state index in [1.54, 1.807) is 17.1 Å². The number of aryl methyl sites for hydroxylation is 1. The minimum Gasteiger partial charge on any atom is -0.507 e. The smallest absolute Gasteiger partial charge is 0.246 e. The van der Waals surface area contributed by atoms with Crippen LogP contribution in [0.25, 0.3) is 0 Å². The highest BCUT2D eigenvalue weighted by Crippen LogP contribution is 2.37. The van der Waals surface area contributed by atoms with Gasteiger partial charge in [0.05, 0.1) is 11.8 Å². The van der Waals surface area contributed by atoms with Gasteiger partial charge in [0.1, 0.15) is 5.75 Å². The molecular formula is C22H26N2O2. The van der Waals surface area contributed by atoms with Crippen LogP contribution in [0.1, 0.15) is 55.8 Å². The highest BCUT2D eigenvalue weighted by molar-refractivity contribution is 6.05. The number of phenols is 1. The molecule has 1 amide bonds. The molecule has 0 saturated heterocycles. The lowest BCUT2D eigenvalue weighted by atomic mass is 9.94. The third-order valence-corrected chi connectivity index (χ3v) is 5.23. The van der Waals surface area contributed by atoms with Gasteiger partial charge in [-0.25, -0.2) is 5.01 Å². The van der Waals surface area contributed by atoms with Crippen LogP contribution < -0.4 is 0 Å². The minimum absolute atomic E-state index is 0.0333. The summed E-state index contributed by atoms with van der Waals surface area (Å²) in [6.07, 6.45) is 2.20. The van der Waals surface area contributed by atoms with E-state index in [-0.39, 0.29) is 23.6 Å². The van der Waals surface area contributed by atoms with Crippen LogP contribution in [0.15, 0.2) is 53.6 Å². The van der Waals surface area contributed by atoms with Gasteiger partial charge in [-0.3, -0.25) is 4.79 Å². The molecule has 0 fully saturated rings. The molecule has 1 N–H and O–H groups in total. The number of benzene rings is 2. The van der Waals surface area contributed by atoms with E-state index in [1.165, 1.54) is 0 Å². The predicted molar refractivity (Wildman–Crippen MR) is 104 cm³/mol. The van der Waals surface area contributed by atoms with Gasteiger partial charge < -0.3 is 5.11 Å². The fourth-order valence-electron chi connectivity index (χ4n) is 3.62. The average molecular weight is 350 g/mol. The lowest BCUT2D eigenvalue weighted by Crippen LogP contribution is -2.32. The Balaban J connectivity index is 2.03. The summed E-state index contributed by atoms with van der Waals surface area (Å²) in [4.78, 5) is 13.1. The summed E-state index contributed by atoms with van der Waals surface area (Å²) in [5.74, 6) is 0.231. The van der Waals surface area contributed by atoms with E-state index in [0.717, 1.165) is 29.7 Å². The van der Waals surface area contributed by atoms with Crippen molar-refractivity contribution in [2.75, 3.05) is 0 Å². The van der Waals surface area contributed by atoms with Crippen LogP contribution in [-0.2, 0) is 4.79 Å². The molecule has 0 unspecified atom stereocenters. The molecule has 1 heterocycles. The molecule has 0 bridgehead atoms. The molecule has 2 aromatic rings. The normalized spacial score (nSPS) is 16.8. The third-order valence-electron chi connectivity index (χ3n) is 5.23. The Labute approximate surface area is 155 Å². The first-order valence-electron chi connectivity index (χ1n) is 9.31. The Hall–Kier alpha value is -2.62. The fourth-order valence-corrected chi connectivity index (χ4v) is 3.62. The SMILES string of the molecule is CCC(CC)C(=O)N1N=C(c2ccccc2O)C[C@@H]1c1ccccc1C. The number of phenolic OH excluding ortho intramolecular Hbond substituents is 1. The van der Waals surface area contributed by atoms with E-state index in [0.29, 0.717) is 12.0 Å². The van der Waals surface area contributed by atoms with Crippen LogP contribution in [0.3, 0.4) is 0 Å². The molecule has 2 aromatic carbocycles. The van der Waals surface area contributed by atoms with Crippen molar-refractivity contribution in [2.24, 2.45) is 11.0 Å². The summed E-state index contributed by atoms with van der Waals surface area (Å²) in [5.41, 5.74) is 3.72. The summed E-state index contributed by atoms with van der Waals surface area (Å²) in [6, 6.07) is 15.2. The zero-order valence-electron chi connectivity index (χ0n) is 15.6. The number of rotatable bonds is 5. The summed E-state index contributed by atoms with van der Waals surface area (Å²) < 4.78 is 0. The third kappa shape index (κ3) is 3.36. The number of hydrazone groups is 1. The van der Waals surface area contributed by atoms with Crippen molar-refractivity contribution in [2.45, 2.75) is 46.1 Å². The van der Waals surface area contributed by atoms with Crippen LogP contribution in [0.5, 0.6) is 5.75 Å². The van der Waals surface area contributed by atoms with Crippen LogP contribution in [0, 0.1) is 12.8 Å². The molecule has 0 saturated carbocycles. The summed E-state index contributed by atoms with van der Waals surface area (Å²) >= 11 is 0. The number of hydrogen-bond acceptors (Lipinski definition) is 3. The van der Waals surface area contributed by atoms with Crippen molar-refractivity contribution >= 4 is 11.6 Å². The predicted octanol–water partition coefficient (Wildman–Crippen LogP) is 4.81. The van der Waals surface area contributed by atoms with E-state index < -0.39 is 0 Å². The molecule has 1 atom stereocenters. The first-order chi connectivity index (χ1) is 12.6. The number of amides is 1. The standard InChI is InChI=1S/C22H26N2O2/c1-4-16(5-2)22(26)24-20(17-11-7-6-10-15(17)3)14-19(23-24)18-12-8-9-13-21(18)25/h6-13,16,20,25H,4-5,14H2,1-3H3/t20-/m1/s1. The second-order valence-corrected chi connectivity index (χ2v) is 6.84. The van der Waals surface area contributed by atoms with E-state index >= 15 is 0 Å². The van der Waals surface area contributed by atoms with E-state index in [2.05, 4.69) is 24.2 Å². The molecule has 26 heavy (non-hydrogen) atoms. The van der Waals surface area contributed by atoms with Gasteiger partial charge in [-0.05, 0) is 43.0 Å². The molecule has 4 nitrogen and oxygen atoms in total. The Kier molecular flexibility index (Phi) is 5.40. The van der Waals surface area contributed by atoms with Crippen molar-refractivity contribution < 1.29 is 9.90 Å². The molecule has 4 heteroatoms. The Bertz CT molecular complexity index is 824. The second-order valence-electron chi connectivity index (χ2n) is 6.84. The molecule has 1 aliphatic rings. The van der Waals surface area contributed by atoms with Crippen LogP contribution >= 0.6 is 0 Å². The van der Waals surface area contributed by atoms with E-state index in [9.17, 15) is 9.90 Å². The molecule has 136 valence electrons. The Morgan fingerprint density at radius 3 is 2.46 bits per heavy atom. The minimum atomic E-state index is -0.126. The van der Waals surface area contributed by atoms with Crippen molar-refractivity contribution in [1.82, 2.24) is 5.01 Å². The van der Waals surface area contributed by atoms with Gasteiger partial charge >= 0.3 is 0 Å². The molecular weight excluding hydrogens is 324 g/mol. The van der Waals surface area contributed by atoms with Gasteiger partial charge in [-0.1, -0.05) is 50.2 Å². The summed E-state index contributed by atoms with van der Waals surface area (Å²) in [7, 11) is 0. The number of aromatic hydroxyl groups is 1. The van der Waals surface area contributed by atoms with E-state index in [1.807, 2.05) is 38.1 Å². The molecule has 0 aliphatic carbocycles. The average Bonchev–Trinajstić information content (AvgIpc) is 3.08. The molecule has 0 radical (unpaired) electrons. The monoisotopic (exact) mass is 350 g/mol. The molecule has 0 aromatic heterocycles. The summed E-state index contributed by atoms with van der Waals surface area (Å²) in [6.45, 7) is 6.14. The molecule has 1 aliphatic heterocycles. The van der Waals surface area contributed by atoms with Crippen molar-refractivity contribution in [3.63, 3.8) is 0 Å².